The van der Waals surface area contributed by atoms with Crippen LogP contribution in [-0.4, -0.2) is 46.5 Å². The average Bonchev–Trinajstić information content (AvgIpc) is 2.99. The lowest BCUT2D eigenvalue weighted by Gasteiger charge is -2.19. The Morgan fingerprint density at radius 3 is 2.40 bits per heavy atom. The molecule has 0 spiro atoms. The van der Waals surface area contributed by atoms with Crippen LogP contribution >= 0.6 is 0 Å². The Labute approximate surface area is 175 Å². The molecule has 0 unspecified atom stereocenters. The highest BCUT2D eigenvalue weighted by Gasteiger charge is 2.16. The second kappa shape index (κ2) is 9.91. The lowest BCUT2D eigenvalue weighted by Crippen LogP contribution is -2.34. The second-order valence-electron chi connectivity index (χ2n) is 7.81. The number of aromatic nitrogens is 2. The van der Waals surface area contributed by atoms with Crippen molar-refractivity contribution in [3.63, 3.8) is 0 Å². The van der Waals surface area contributed by atoms with Gasteiger partial charge in [-0.25, -0.2) is 9.48 Å². The van der Waals surface area contributed by atoms with Gasteiger partial charge in [-0.3, -0.25) is 9.59 Å². The molecule has 1 aromatic heterocycles. The summed E-state index contributed by atoms with van der Waals surface area (Å²) in [6.45, 7) is 8.64. The summed E-state index contributed by atoms with van der Waals surface area (Å²) in [6.07, 6.45) is -0.694. The number of aryl methyl sites for hydroxylation is 2. The molecule has 2 rings (SSSR count). The Hall–Kier alpha value is -3.36. The predicted molar refractivity (Wildman–Crippen MR) is 111 cm³/mol. The predicted octanol–water partition coefficient (Wildman–Crippen LogP) is 2.89. The average molecular weight is 416 g/mol. The molecule has 2 amide bonds. The van der Waals surface area contributed by atoms with Crippen LogP contribution in [0.15, 0.2) is 30.3 Å². The van der Waals surface area contributed by atoms with Crippen molar-refractivity contribution in [1.82, 2.24) is 15.1 Å². The highest BCUT2D eigenvalue weighted by atomic mass is 16.6. The molecular formula is C21H28N4O5. The second-order valence-corrected chi connectivity index (χ2v) is 7.81. The van der Waals surface area contributed by atoms with E-state index in [0.29, 0.717) is 5.82 Å². The first kappa shape index (κ1) is 22.9. The molecule has 0 bridgehead atoms. The summed E-state index contributed by atoms with van der Waals surface area (Å²) in [7, 11) is 0. The van der Waals surface area contributed by atoms with Gasteiger partial charge in [-0.1, -0.05) is 17.7 Å². The van der Waals surface area contributed by atoms with E-state index in [9.17, 15) is 14.4 Å². The summed E-state index contributed by atoms with van der Waals surface area (Å²) < 4.78 is 11.6. The summed E-state index contributed by atoms with van der Waals surface area (Å²) in [5, 5.41) is 9.53. The van der Waals surface area contributed by atoms with E-state index in [1.807, 2.05) is 38.1 Å². The van der Waals surface area contributed by atoms with E-state index >= 15 is 0 Å². The first-order valence-electron chi connectivity index (χ1n) is 9.59. The lowest BCUT2D eigenvalue weighted by molar-refractivity contribution is -0.147. The van der Waals surface area contributed by atoms with Gasteiger partial charge in [-0.2, -0.15) is 5.10 Å². The van der Waals surface area contributed by atoms with E-state index in [2.05, 4.69) is 15.7 Å². The van der Waals surface area contributed by atoms with Crippen LogP contribution in [0.1, 0.15) is 38.4 Å². The smallest absolute Gasteiger partial charge is 0.407 e. The molecule has 0 aliphatic carbocycles. The topological polar surface area (TPSA) is 112 Å². The van der Waals surface area contributed by atoms with Crippen LogP contribution in [0.2, 0.25) is 0 Å². The van der Waals surface area contributed by atoms with Gasteiger partial charge in [0.25, 0.3) is 5.91 Å². The molecule has 30 heavy (non-hydrogen) atoms. The largest absolute Gasteiger partial charge is 0.456 e. The molecule has 0 radical (unpaired) electrons. The molecule has 0 aliphatic rings. The fourth-order valence-electron chi connectivity index (χ4n) is 2.45. The number of anilines is 1. The molecule has 9 nitrogen and oxygen atoms in total. The van der Waals surface area contributed by atoms with Crippen LogP contribution in [-0.2, 0) is 19.1 Å². The van der Waals surface area contributed by atoms with Gasteiger partial charge in [0.2, 0.25) is 0 Å². The fraction of sp³-hybridized carbons (Fsp3) is 0.429. The third-order valence-electron chi connectivity index (χ3n) is 3.74. The van der Waals surface area contributed by atoms with Crippen LogP contribution in [0.25, 0.3) is 5.69 Å². The van der Waals surface area contributed by atoms with Gasteiger partial charge in [-0.05, 0) is 46.8 Å². The van der Waals surface area contributed by atoms with E-state index < -0.39 is 30.2 Å². The molecule has 0 fully saturated rings. The number of carbonyl (C=O) groups is 3. The van der Waals surface area contributed by atoms with Gasteiger partial charge in [0.05, 0.1) is 17.8 Å². The molecule has 0 atom stereocenters. The number of nitrogens with one attached hydrogen (secondary N) is 2. The summed E-state index contributed by atoms with van der Waals surface area (Å²) in [5.41, 5.74) is 2.03. The monoisotopic (exact) mass is 416 g/mol. The normalized spacial score (nSPS) is 11.0. The molecule has 2 aromatic rings. The molecular weight excluding hydrogens is 388 g/mol. The fourth-order valence-corrected chi connectivity index (χ4v) is 2.45. The maximum Gasteiger partial charge on any atom is 0.407 e. The zero-order chi connectivity index (χ0) is 22.3. The zero-order valence-corrected chi connectivity index (χ0v) is 17.9. The van der Waals surface area contributed by atoms with Crippen LogP contribution in [0.5, 0.6) is 0 Å². The van der Waals surface area contributed by atoms with Crippen LogP contribution in [0, 0.1) is 13.8 Å². The number of alkyl carbamates (subject to hydrolysis) is 1. The SMILES string of the molecule is Cc1ccc(-n2nc(C)cc2NC(=O)COC(=O)CCNC(=O)OC(C)(C)C)cc1. The van der Waals surface area contributed by atoms with Crippen molar-refractivity contribution in [2.24, 2.45) is 0 Å². The molecule has 0 saturated carbocycles. The van der Waals surface area contributed by atoms with Crippen molar-refractivity contribution in [3.05, 3.63) is 41.6 Å². The molecule has 0 saturated heterocycles. The van der Waals surface area contributed by atoms with Gasteiger partial charge in [0.1, 0.15) is 11.4 Å². The Morgan fingerprint density at radius 2 is 1.77 bits per heavy atom. The molecule has 1 heterocycles. The standard InChI is InChI=1S/C21H28N4O5/c1-14-6-8-16(9-7-14)25-17(12-15(2)24-25)23-18(26)13-29-19(27)10-11-22-20(28)30-21(3,4)5/h6-9,12H,10-11,13H2,1-5H3,(H,22,28)(H,23,26). The maximum absolute atomic E-state index is 12.2. The highest BCUT2D eigenvalue weighted by molar-refractivity contribution is 5.92. The number of esters is 1. The zero-order valence-electron chi connectivity index (χ0n) is 17.9. The summed E-state index contributed by atoms with van der Waals surface area (Å²) >= 11 is 0. The van der Waals surface area contributed by atoms with Crippen LogP contribution in [0.3, 0.4) is 0 Å². The number of benzene rings is 1. The van der Waals surface area contributed by atoms with Gasteiger partial charge >= 0.3 is 12.1 Å². The Kier molecular flexibility index (Phi) is 7.57. The molecule has 1 aromatic carbocycles. The van der Waals surface area contributed by atoms with E-state index in [1.54, 1.807) is 31.5 Å². The summed E-state index contributed by atoms with van der Waals surface area (Å²) in [5.74, 6) is -0.620. The summed E-state index contributed by atoms with van der Waals surface area (Å²) in [6, 6.07) is 9.42. The number of hydrogen-bond acceptors (Lipinski definition) is 6. The van der Waals surface area contributed by atoms with E-state index in [-0.39, 0.29) is 13.0 Å². The molecule has 0 aliphatic heterocycles. The number of ether oxygens (including phenoxy) is 2. The molecule has 2 N–H and O–H groups in total. The number of rotatable bonds is 7. The Morgan fingerprint density at radius 1 is 1.10 bits per heavy atom. The van der Waals surface area contributed by atoms with Crippen molar-refractivity contribution in [1.29, 1.82) is 0 Å². The van der Waals surface area contributed by atoms with Crippen molar-refractivity contribution >= 4 is 23.8 Å². The van der Waals surface area contributed by atoms with Gasteiger partial charge < -0.3 is 20.1 Å². The molecule has 9 heteroatoms. The first-order chi connectivity index (χ1) is 14.0. The van der Waals surface area contributed by atoms with Crippen molar-refractivity contribution < 1.29 is 23.9 Å². The maximum atomic E-state index is 12.2. The van der Waals surface area contributed by atoms with Crippen molar-refractivity contribution in [3.8, 4) is 5.69 Å². The molecule has 162 valence electrons. The minimum atomic E-state index is -0.619. The van der Waals surface area contributed by atoms with E-state index in [0.717, 1.165) is 16.9 Å². The number of nitrogens with zero attached hydrogens (tertiary/aromatic N) is 2. The Bertz CT molecular complexity index is 897. The third kappa shape index (κ3) is 7.57. The van der Waals surface area contributed by atoms with Crippen LogP contribution in [0.4, 0.5) is 10.6 Å². The Balaban J connectivity index is 1.80. The minimum Gasteiger partial charge on any atom is -0.456 e. The van der Waals surface area contributed by atoms with Gasteiger partial charge in [0, 0.05) is 12.6 Å². The number of carbonyl (C=O) groups excluding carboxylic acids is 3. The van der Waals surface area contributed by atoms with Crippen LogP contribution < -0.4 is 10.6 Å². The first-order valence-corrected chi connectivity index (χ1v) is 9.59. The summed E-state index contributed by atoms with van der Waals surface area (Å²) in [4.78, 5) is 35.5. The minimum absolute atomic E-state index is 0.0504. The van der Waals surface area contributed by atoms with E-state index in [1.165, 1.54) is 0 Å². The third-order valence-corrected chi connectivity index (χ3v) is 3.74. The van der Waals surface area contributed by atoms with Crippen molar-refractivity contribution in [2.75, 3.05) is 18.5 Å². The highest BCUT2D eigenvalue weighted by Crippen LogP contribution is 2.17. The van der Waals surface area contributed by atoms with Gasteiger partial charge in [0.15, 0.2) is 6.61 Å². The van der Waals surface area contributed by atoms with Crippen molar-refractivity contribution in [2.45, 2.75) is 46.6 Å². The van der Waals surface area contributed by atoms with E-state index in [4.69, 9.17) is 9.47 Å². The lowest BCUT2D eigenvalue weighted by atomic mass is 10.2. The van der Waals surface area contributed by atoms with Gasteiger partial charge in [-0.15, -0.1) is 0 Å². The number of hydrogen-bond donors (Lipinski definition) is 2. The number of amides is 2. The quantitative estimate of drug-likeness (QED) is 0.672.